The number of aliphatic imine (C=N–C) groups is 1. The Labute approximate surface area is 133 Å². The molecule has 1 rings (SSSR count). The Balaban J connectivity index is 2.94. The summed E-state index contributed by atoms with van der Waals surface area (Å²) in [5, 5.41) is 0. The number of allylic oxidation sites excluding steroid dienone is 7. The van der Waals surface area contributed by atoms with E-state index in [9.17, 15) is 0 Å². The molecule has 2 heteroatoms. The van der Waals surface area contributed by atoms with Crippen molar-refractivity contribution in [1.82, 2.24) is 0 Å². The van der Waals surface area contributed by atoms with E-state index in [0.717, 1.165) is 28.8 Å². The molecule has 0 heterocycles. The lowest BCUT2D eigenvalue weighted by Gasteiger charge is -2.05. The Morgan fingerprint density at radius 2 is 1.86 bits per heavy atom. The minimum absolute atomic E-state index is 0.402. The lowest BCUT2D eigenvalue weighted by molar-refractivity contribution is 1.22. The highest BCUT2D eigenvalue weighted by atomic mass is 14.7. The summed E-state index contributed by atoms with van der Waals surface area (Å²) >= 11 is 0. The molecule has 0 bridgehead atoms. The van der Waals surface area contributed by atoms with E-state index in [1.807, 2.05) is 54.6 Å². The van der Waals surface area contributed by atoms with Crippen molar-refractivity contribution in [2.24, 2.45) is 10.7 Å². The summed E-state index contributed by atoms with van der Waals surface area (Å²) in [4.78, 5) is 4.42. The summed E-state index contributed by atoms with van der Waals surface area (Å²) < 4.78 is 0. The maximum Gasteiger partial charge on any atom is 0.0704 e. The van der Waals surface area contributed by atoms with E-state index >= 15 is 0 Å². The Morgan fingerprint density at radius 1 is 1.14 bits per heavy atom. The Bertz CT molecular complexity index is 602. The van der Waals surface area contributed by atoms with Crippen LogP contribution in [0, 0.1) is 0 Å². The zero-order chi connectivity index (χ0) is 16.2. The van der Waals surface area contributed by atoms with Crippen molar-refractivity contribution >= 4 is 11.9 Å². The first-order valence-electron chi connectivity index (χ1n) is 7.40. The van der Waals surface area contributed by atoms with Crippen molar-refractivity contribution in [2.75, 3.05) is 6.54 Å². The first kappa shape index (κ1) is 17.6. The van der Waals surface area contributed by atoms with Crippen LogP contribution in [0.4, 0.5) is 0 Å². The zero-order valence-electron chi connectivity index (χ0n) is 13.2. The van der Waals surface area contributed by atoms with Gasteiger partial charge in [0, 0.05) is 18.3 Å². The molecule has 0 radical (unpaired) electrons. The zero-order valence-corrected chi connectivity index (χ0v) is 13.2. The van der Waals surface area contributed by atoms with Gasteiger partial charge in [-0.15, -0.1) is 0 Å². The lowest BCUT2D eigenvalue weighted by Crippen LogP contribution is -1.99. The molecule has 2 N–H and O–H groups in total. The molecular formula is C20H24N2. The highest BCUT2D eigenvalue weighted by Crippen LogP contribution is 2.20. The molecule has 0 aliphatic heterocycles. The molecule has 0 amide bonds. The summed E-state index contributed by atoms with van der Waals surface area (Å²) in [6.07, 6.45) is 12.6. The third kappa shape index (κ3) is 6.33. The number of rotatable bonds is 8. The van der Waals surface area contributed by atoms with Crippen molar-refractivity contribution < 1.29 is 0 Å². The van der Waals surface area contributed by atoms with Gasteiger partial charge in [0.05, 0.1) is 5.70 Å². The summed E-state index contributed by atoms with van der Waals surface area (Å²) in [6.45, 7) is 10.6. The molecule has 0 unspecified atom stereocenters. The van der Waals surface area contributed by atoms with Crippen molar-refractivity contribution in [3.63, 3.8) is 0 Å². The number of benzene rings is 1. The molecule has 0 fully saturated rings. The van der Waals surface area contributed by atoms with E-state index in [1.165, 1.54) is 0 Å². The number of hydrogen-bond acceptors (Lipinski definition) is 2. The van der Waals surface area contributed by atoms with Gasteiger partial charge in [-0.3, -0.25) is 4.99 Å². The average molecular weight is 292 g/mol. The van der Waals surface area contributed by atoms with Crippen LogP contribution in [0.3, 0.4) is 0 Å². The third-order valence-electron chi connectivity index (χ3n) is 2.91. The summed E-state index contributed by atoms with van der Waals surface area (Å²) in [5.41, 5.74) is 9.04. The van der Waals surface area contributed by atoms with E-state index in [4.69, 9.17) is 5.73 Å². The number of nitrogens with zero attached hydrogens (tertiary/aromatic N) is 1. The molecule has 0 spiro atoms. The van der Waals surface area contributed by atoms with Gasteiger partial charge in [0.1, 0.15) is 0 Å². The van der Waals surface area contributed by atoms with Gasteiger partial charge in [0.25, 0.3) is 0 Å². The van der Waals surface area contributed by atoms with Crippen LogP contribution >= 0.6 is 0 Å². The fourth-order valence-corrected chi connectivity index (χ4v) is 1.71. The normalized spacial score (nSPS) is 12.5. The monoisotopic (exact) mass is 292 g/mol. The van der Waals surface area contributed by atoms with Gasteiger partial charge in [-0.2, -0.15) is 0 Å². The first-order valence-corrected chi connectivity index (χ1v) is 7.40. The highest BCUT2D eigenvalue weighted by molar-refractivity contribution is 5.76. The molecule has 0 aromatic heterocycles. The van der Waals surface area contributed by atoms with Crippen molar-refractivity contribution in [3.05, 3.63) is 90.6 Å². The molecule has 2 nitrogen and oxygen atoms in total. The Morgan fingerprint density at radius 3 is 2.50 bits per heavy atom. The molecular weight excluding hydrogens is 268 g/mol. The van der Waals surface area contributed by atoms with Crippen LogP contribution in [0.1, 0.15) is 18.9 Å². The fraction of sp³-hybridized carbons (Fsp3) is 0.150. The van der Waals surface area contributed by atoms with Crippen molar-refractivity contribution in [2.45, 2.75) is 13.3 Å². The third-order valence-corrected chi connectivity index (χ3v) is 2.91. The average Bonchev–Trinajstić information content (AvgIpc) is 2.55. The number of nitrogens with two attached hydrogens (primary N) is 1. The Kier molecular flexibility index (Phi) is 8.24. The predicted molar refractivity (Wildman–Crippen MR) is 98.8 cm³/mol. The Hall–Kier alpha value is -2.45. The van der Waals surface area contributed by atoms with Gasteiger partial charge in [-0.25, -0.2) is 0 Å². The van der Waals surface area contributed by atoms with Gasteiger partial charge >= 0.3 is 0 Å². The van der Waals surface area contributed by atoms with Crippen LogP contribution in [0.2, 0.25) is 0 Å². The number of hydrogen-bond donors (Lipinski definition) is 1. The van der Waals surface area contributed by atoms with Crippen LogP contribution in [0.15, 0.2) is 90.0 Å². The molecule has 0 saturated heterocycles. The molecule has 1 aromatic carbocycles. The van der Waals surface area contributed by atoms with E-state index in [2.05, 4.69) is 31.2 Å². The minimum Gasteiger partial charge on any atom is -0.326 e. The van der Waals surface area contributed by atoms with Crippen LogP contribution in [-0.2, 0) is 0 Å². The SMILES string of the molecule is C=C(/C=C\C=C/CC)C(=C)/C=C(\N=CCN)c1ccccc1. The van der Waals surface area contributed by atoms with Crippen molar-refractivity contribution in [3.8, 4) is 0 Å². The highest BCUT2D eigenvalue weighted by Gasteiger charge is 2.01. The molecule has 0 aliphatic rings. The van der Waals surface area contributed by atoms with Gasteiger partial charge in [0.2, 0.25) is 0 Å². The molecule has 0 atom stereocenters. The summed E-state index contributed by atoms with van der Waals surface area (Å²) in [7, 11) is 0. The van der Waals surface area contributed by atoms with Gasteiger partial charge < -0.3 is 5.73 Å². The maximum absolute atomic E-state index is 5.50. The van der Waals surface area contributed by atoms with E-state index < -0.39 is 0 Å². The van der Waals surface area contributed by atoms with E-state index in [1.54, 1.807) is 6.21 Å². The van der Waals surface area contributed by atoms with Crippen LogP contribution in [-0.4, -0.2) is 12.8 Å². The fourth-order valence-electron chi connectivity index (χ4n) is 1.71. The van der Waals surface area contributed by atoms with Gasteiger partial charge in [-0.1, -0.05) is 74.7 Å². The summed E-state index contributed by atoms with van der Waals surface area (Å²) in [5.74, 6) is 0. The summed E-state index contributed by atoms with van der Waals surface area (Å²) in [6, 6.07) is 9.96. The van der Waals surface area contributed by atoms with Crippen LogP contribution in [0.25, 0.3) is 5.70 Å². The molecule has 0 aliphatic carbocycles. The second kappa shape index (κ2) is 10.3. The van der Waals surface area contributed by atoms with Crippen molar-refractivity contribution in [1.29, 1.82) is 0 Å². The second-order valence-electron chi connectivity index (χ2n) is 4.69. The second-order valence-corrected chi connectivity index (χ2v) is 4.69. The predicted octanol–water partition coefficient (Wildman–Crippen LogP) is 4.69. The van der Waals surface area contributed by atoms with E-state index in [-0.39, 0.29) is 0 Å². The smallest absolute Gasteiger partial charge is 0.0704 e. The van der Waals surface area contributed by atoms with Gasteiger partial charge in [0.15, 0.2) is 0 Å². The first-order chi connectivity index (χ1) is 10.7. The van der Waals surface area contributed by atoms with Crippen LogP contribution < -0.4 is 5.73 Å². The van der Waals surface area contributed by atoms with Gasteiger partial charge in [-0.05, 0) is 23.6 Å². The standard InChI is InChI=1S/C20H24N2/c1-4-5-6-8-11-17(2)18(3)16-20(22-15-14-21)19-12-9-7-10-13-19/h5-13,15-16H,2-4,14,21H2,1H3/b6-5-,11-8-,20-16-,22-15?. The molecule has 1 aromatic rings. The maximum atomic E-state index is 5.50. The molecule has 114 valence electrons. The van der Waals surface area contributed by atoms with E-state index in [0.29, 0.717) is 6.54 Å². The largest absolute Gasteiger partial charge is 0.326 e. The topological polar surface area (TPSA) is 38.4 Å². The molecule has 22 heavy (non-hydrogen) atoms. The lowest BCUT2D eigenvalue weighted by atomic mass is 10.0. The van der Waals surface area contributed by atoms with Crippen LogP contribution in [0.5, 0.6) is 0 Å². The quantitative estimate of drug-likeness (QED) is 0.548. The minimum atomic E-state index is 0.402. The molecule has 0 saturated carbocycles.